The molecule has 0 aromatic rings. The third-order valence-electron chi connectivity index (χ3n) is 15.4. The Morgan fingerprint density at radius 3 is 2.19 bits per heavy atom. The summed E-state index contributed by atoms with van der Waals surface area (Å²) >= 11 is 0. The minimum atomic E-state index is -2.70. The van der Waals surface area contributed by atoms with E-state index in [4.69, 9.17) is 23.7 Å². The smallest absolute Gasteiger partial charge is 0.338 e. The van der Waals surface area contributed by atoms with Gasteiger partial charge in [0, 0.05) is 34.1 Å². The van der Waals surface area contributed by atoms with E-state index in [1.54, 1.807) is 6.92 Å². The molecule has 14 nitrogen and oxygen atoms in total. The number of fused-ring (bicyclic) bond motifs is 9. The van der Waals surface area contributed by atoms with Gasteiger partial charge in [0.25, 0.3) is 5.79 Å². The number of hydrogen-bond donors (Lipinski definition) is 3. The number of rotatable bonds is 0. The molecule has 0 amide bonds. The van der Waals surface area contributed by atoms with E-state index in [0.29, 0.717) is 24.0 Å². The van der Waals surface area contributed by atoms with Gasteiger partial charge in [0.2, 0.25) is 5.78 Å². The molecule has 0 aromatic heterocycles. The van der Waals surface area contributed by atoms with E-state index in [1.165, 1.54) is 19.9 Å². The quantitative estimate of drug-likeness (QED) is 0.236. The molecule has 0 aromatic carbocycles. The Labute approximate surface area is 303 Å². The van der Waals surface area contributed by atoms with Gasteiger partial charge in [-0.2, -0.15) is 0 Å². The molecule has 12 atom stereocenters. The highest BCUT2D eigenvalue weighted by Gasteiger charge is 2.87. The van der Waals surface area contributed by atoms with Gasteiger partial charge in [-0.1, -0.05) is 6.92 Å². The molecule has 3 aliphatic heterocycles. The Bertz CT molecular complexity index is 2070. The van der Waals surface area contributed by atoms with Crippen LogP contribution in [-0.2, 0) is 52.5 Å². The van der Waals surface area contributed by atoms with Crippen molar-refractivity contribution in [3.05, 3.63) is 45.1 Å². The molecule has 7 aliphatic carbocycles. The lowest BCUT2D eigenvalue weighted by Gasteiger charge is -2.63. The zero-order valence-electron chi connectivity index (χ0n) is 29.7. The van der Waals surface area contributed by atoms with Gasteiger partial charge in [-0.3, -0.25) is 14.4 Å². The van der Waals surface area contributed by atoms with E-state index in [-0.39, 0.29) is 90.4 Å². The van der Waals surface area contributed by atoms with E-state index in [9.17, 15) is 44.1 Å². The Morgan fingerprint density at radius 1 is 0.755 bits per heavy atom. The molecule has 0 radical (unpaired) electrons. The topological polar surface area (TPSA) is 209 Å². The second-order valence-electron chi connectivity index (χ2n) is 17.4. The minimum absolute atomic E-state index is 0.0138. The lowest BCUT2D eigenvalue weighted by Crippen LogP contribution is -2.68. The first-order chi connectivity index (χ1) is 24.9. The molecule has 5 fully saturated rings. The van der Waals surface area contributed by atoms with Gasteiger partial charge in [-0.05, 0) is 92.8 Å². The number of carbonyl (C=O) groups excluding carboxylic acids is 6. The number of hydrogen-bond acceptors (Lipinski definition) is 14. The summed E-state index contributed by atoms with van der Waals surface area (Å²) in [6.45, 7) is 5.45. The zero-order valence-corrected chi connectivity index (χ0v) is 29.7. The van der Waals surface area contributed by atoms with E-state index in [1.807, 2.05) is 6.92 Å². The number of cyclic esters (lactones) is 3. The predicted molar refractivity (Wildman–Crippen MR) is 173 cm³/mol. The average molecular weight is 733 g/mol. The normalized spacial score (nSPS) is 50.3. The van der Waals surface area contributed by atoms with Crippen molar-refractivity contribution in [1.29, 1.82) is 0 Å². The Kier molecular flexibility index (Phi) is 6.15. The van der Waals surface area contributed by atoms with Gasteiger partial charge in [0.05, 0.1) is 29.4 Å². The number of aliphatic hydroxyl groups is 3. The number of carbonyl (C=O) groups is 6. The van der Waals surface area contributed by atoms with E-state index >= 15 is 0 Å². The third kappa shape index (κ3) is 3.62. The Hall–Kier alpha value is -4.14. The van der Waals surface area contributed by atoms with Crippen molar-refractivity contribution in [2.45, 2.75) is 88.8 Å². The summed E-state index contributed by atoms with van der Waals surface area (Å²) in [4.78, 5) is 80.7. The second-order valence-corrected chi connectivity index (χ2v) is 17.4. The van der Waals surface area contributed by atoms with Gasteiger partial charge in [0.15, 0.2) is 5.60 Å². The molecule has 10 rings (SSSR count). The monoisotopic (exact) mass is 732 g/mol. The van der Waals surface area contributed by atoms with Crippen LogP contribution in [0, 0.1) is 46.3 Å². The maximum atomic E-state index is 14.5. The van der Waals surface area contributed by atoms with Crippen LogP contribution < -0.4 is 0 Å². The third-order valence-corrected chi connectivity index (χ3v) is 15.4. The van der Waals surface area contributed by atoms with Crippen molar-refractivity contribution in [2.24, 2.45) is 46.3 Å². The molecule has 2 bridgehead atoms. The maximum Gasteiger partial charge on any atom is 0.338 e. The highest BCUT2D eigenvalue weighted by atomic mass is 16.7. The molecule has 1 spiro atoms. The van der Waals surface area contributed by atoms with Crippen LogP contribution in [-0.4, -0.2) is 93.4 Å². The number of ether oxygens (including phenoxy) is 5. The molecule has 3 heterocycles. The van der Waals surface area contributed by atoms with Gasteiger partial charge in [-0.15, -0.1) is 0 Å². The predicted octanol–water partition coefficient (Wildman–Crippen LogP) is 1.20. The second kappa shape index (κ2) is 9.74. The first kappa shape index (κ1) is 33.4. The van der Waals surface area contributed by atoms with Crippen molar-refractivity contribution < 1.29 is 67.8 Å². The highest BCUT2D eigenvalue weighted by Crippen LogP contribution is 2.84. The van der Waals surface area contributed by atoms with Gasteiger partial charge >= 0.3 is 29.8 Å². The minimum Gasteiger partial charge on any atom is -0.461 e. The summed E-state index contributed by atoms with van der Waals surface area (Å²) in [5.74, 6) is -10.0. The van der Waals surface area contributed by atoms with Crippen LogP contribution in [0.5, 0.6) is 0 Å². The van der Waals surface area contributed by atoms with Crippen molar-refractivity contribution in [3.8, 4) is 0 Å². The first-order valence-electron chi connectivity index (χ1n) is 18.4. The molecule has 10 aliphatic rings. The molecule has 14 heteroatoms. The van der Waals surface area contributed by atoms with Gasteiger partial charge in [-0.25, -0.2) is 14.4 Å². The van der Waals surface area contributed by atoms with Crippen molar-refractivity contribution in [1.82, 2.24) is 0 Å². The largest absolute Gasteiger partial charge is 0.461 e. The lowest BCUT2D eigenvalue weighted by atomic mass is 9.42. The maximum absolute atomic E-state index is 14.5. The fraction of sp³-hybridized carbons (Fsp3) is 0.641. The van der Waals surface area contributed by atoms with Crippen molar-refractivity contribution in [3.63, 3.8) is 0 Å². The van der Waals surface area contributed by atoms with Crippen LogP contribution in [0.25, 0.3) is 0 Å². The molecule has 53 heavy (non-hydrogen) atoms. The van der Waals surface area contributed by atoms with Crippen molar-refractivity contribution >= 4 is 35.6 Å². The van der Waals surface area contributed by atoms with E-state index in [2.05, 4.69) is 0 Å². The van der Waals surface area contributed by atoms with Crippen LogP contribution >= 0.6 is 0 Å². The fourth-order valence-electron chi connectivity index (χ4n) is 12.9. The summed E-state index contributed by atoms with van der Waals surface area (Å²) in [6, 6.07) is 0. The molecule has 0 unspecified atom stereocenters. The number of Topliss-reactive ketones (excluding diaryl/α,β-unsaturated/α-hetero) is 1. The number of esters is 5. The van der Waals surface area contributed by atoms with E-state index < -0.39 is 87.5 Å². The van der Waals surface area contributed by atoms with Crippen LogP contribution in [0.15, 0.2) is 45.1 Å². The highest BCUT2D eigenvalue weighted by molar-refractivity contribution is 6.10. The van der Waals surface area contributed by atoms with E-state index in [0.717, 1.165) is 0 Å². The summed E-state index contributed by atoms with van der Waals surface area (Å²) in [6.07, 6.45) is 1.83. The number of ketones is 1. The van der Waals surface area contributed by atoms with Crippen LogP contribution in [0.4, 0.5) is 0 Å². The van der Waals surface area contributed by atoms with Gasteiger partial charge < -0.3 is 39.0 Å². The lowest BCUT2D eigenvalue weighted by molar-refractivity contribution is -0.202. The van der Waals surface area contributed by atoms with Crippen LogP contribution in [0.3, 0.4) is 0 Å². The molecule has 3 N–H and O–H groups in total. The van der Waals surface area contributed by atoms with Gasteiger partial charge in [0.1, 0.15) is 25.4 Å². The van der Waals surface area contributed by atoms with Crippen LogP contribution in [0.1, 0.15) is 66.2 Å². The molecule has 0 saturated heterocycles. The Balaban J connectivity index is 1.22. The Morgan fingerprint density at radius 2 is 1.45 bits per heavy atom. The average Bonchev–Trinajstić information content (AvgIpc) is 4.01. The summed E-state index contributed by atoms with van der Waals surface area (Å²) in [5.41, 5.74) is -6.43. The summed E-state index contributed by atoms with van der Waals surface area (Å²) < 4.78 is 28.6. The first-order valence-corrected chi connectivity index (χ1v) is 18.4. The standard InChI is InChI=1S/C39H40O14/c1-15-7-8-49-25(40)5-6-26(41)50-13-17-18-11-23-34(3,19-9-22(19)37(23,47)14-51-30(15)42)24-12-36(46)21-10-20(21)35(4)29(36)28(38(18,24)52-32(17)44)27-16(2)31(43)53-39(27,48)33(35)45/h7,19-24,46-48H,5-6,8-14H2,1-4H3/b15-7+/t19-,20-,21+,22+,23-,24+,34+,35+,36+,37+,38+,39+/m1/s1. The molecular formula is C39H40O14. The molecular weight excluding hydrogens is 692 g/mol. The zero-order chi connectivity index (χ0) is 37.6. The molecule has 5 saturated carbocycles. The summed E-state index contributed by atoms with van der Waals surface area (Å²) in [7, 11) is 0. The summed E-state index contributed by atoms with van der Waals surface area (Å²) in [5, 5.41) is 38.0. The molecule has 280 valence electrons. The fourth-order valence-corrected chi connectivity index (χ4v) is 12.9. The SMILES string of the molecule is CC1=C2C3=C4[C@@](C)(C(=O)[C@@]2(O)OC1=O)[C@@H]1C[C@@H]1[C@@]4(O)C[C@@H]1[C@]32OC(=O)C3=C2C[C@H]2[C@](O)(COC(=O)/C(C)=C/COC(=O)CCC(=O)OC3)[C@H]3C[C@H]3[C@]12C. The van der Waals surface area contributed by atoms with Crippen molar-refractivity contribution in [2.75, 3.05) is 19.8 Å². The van der Waals surface area contributed by atoms with Crippen LogP contribution in [0.2, 0.25) is 0 Å².